The first-order valence-electron chi connectivity index (χ1n) is 6.70. The van der Waals surface area contributed by atoms with Gasteiger partial charge in [-0.3, -0.25) is 14.9 Å². The minimum atomic E-state index is -0.522. The second kappa shape index (κ2) is 6.00. The number of aliphatic hydroxyl groups excluding tert-OH is 1. The van der Waals surface area contributed by atoms with Crippen molar-refractivity contribution in [3.8, 4) is 0 Å². The molecule has 20 heavy (non-hydrogen) atoms. The van der Waals surface area contributed by atoms with E-state index in [1.54, 1.807) is 13.1 Å². The van der Waals surface area contributed by atoms with Gasteiger partial charge in [0.15, 0.2) is 0 Å². The van der Waals surface area contributed by atoms with E-state index >= 15 is 0 Å². The predicted octanol–water partition coefficient (Wildman–Crippen LogP) is 1.97. The first-order valence-corrected chi connectivity index (χ1v) is 6.70. The fourth-order valence-electron chi connectivity index (χ4n) is 2.65. The Labute approximate surface area is 117 Å². The quantitative estimate of drug-likeness (QED) is 0.676. The van der Waals surface area contributed by atoms with Crippen molar-refractivity contribution in [3.05, 3.63) is 39.9 Å². The van der Waals surface area contributed by atoms with Gasteiger partial charge in [0, 0.05) is 24.7 Å². The zero-order valence-electron chi connectivity index (χ0n) is 11.4. The summed E-state index contributed by atoms with van der Waals surface area (Å²) in [5.41, 5.74) is 0.174. The summed E-state index contributed by atoms with van der Waals surface area (Å²) >= 11 is 0. The molecule has 6 nitrogen and oxygen atoms in total. The molecule has 0 unspecified atom stereocenters. The maximum Gasteiger partial charge on any atom is 0.270 e. The molecule has 0 heterocycles. The summed E-state index contributed by atoms with van der Waals surface area (Å²) in [5, 5.41) is 20.7. The Kier molecular flexibility index (Phi) is 4.34. The summed E-state index contributed by atoms with van der Waals surface area (Å²) in [6.07, 6.45) is 2.89. The third-order valence-corrected chi connectivity index (χ3v) is 3.82. The number of carbonyl (C=O) groups is 1. The highest BCUT2D eigenvalue weighted by atomic mass is 16.6. The van der Waals surface area contributed by atoms with E-state index in [4.69, 9.17) is 0 Å². The summed E-state index contributed by atoms with van der Waals surface area (Å²) in [6.45, 7) is 0. The van der Waals surface area contributed by atoms with Gasteiger partial charge < -0.3 is 10.0 Å². The average Bonchev–Trinajstić information content (AvgIpc) is 2.46. The van der Waals surface area contributed by atoms with Crippen LogP contribution in [0.4, 0.5) is 5.69 Å². The largest absolute Gasteiger partial charge is 0.391 e. The molecule has 108 valence electrons. The van der Waals surface area contributed by atoms with Crippen molar-refractivity contribution in [2.24, 2.45) is 0 Å². The summed E-state index contributed by atoms with van der Waals surface area (Å²) in [4.78, 5) is 24.1. The third kappa shape index (κ3) is 2.96. The molecule has 0 aromatic heterocycles. The van der Waals surface area contributed by atoms with Crippen molar-refractivity contribution in [3.63, 3.8) is 0 Å². The Morgan fingerprint density at radius 1 is 1.40 bits per heavy atom. The minimum absolute atomic E-state index is 0.103. The molecule has 1 fully saturated rings. The maximum atomic E-state index is 12.4. The lowest BCUT2D eigenvalue weighted by atomic mass is 9.91. The van der Waals surface area contributed by atoms with Crippen LogP contribution < -0.4 is 0 Å². The number of aliphatic hydroxyl groups is 1. The van der Waals surface area contributed by atoms with Crippen molar-refractivity contribution in [2.75, 3.05) is 7.05 Å². The van der Waals surface area contributed by atoms with Crippen LogP contribution in [0, 0.1) is 10.1 Å². The van der Waals surface area contributed by atoms with E-state index in [1.165, 1.54) is 23.1 Å². The van der Waals surface area contributed by atoms with Crippen molar-refractivity contribution in [1.29, 1.82) is 0 Å². The van der Waals surface area contributed by atoms with Gasteiger partial charge in [0.25, 0.3) is 11.6 Å². The van der Waals surface area contributed by atoms with E-state index in [-0.39, 0.29) is 23.2 Å². The van der Waals surface area contributed by atoms with Gasteiger partial charge >= 0.3 is 0 Å². The summed E-state index contributed by atoms with van der Waals surface area (Å²) in [5.74, 6) is -0.292. The van der Waals surface area contributed by atoms with Crippen LogP contribution >= 0.6 is 0 Å². The van der Waals surface area contributed by atoms with Gasteiger partial charge in [-0.25, -0.2) is 0 Å². The number of carbonyl (C=O) groups excluding carboxylic acids is 1. The molecule has 1 saturated carbocycles. The fourth-order valence-corrected chi connectivity index (χ4v) is 2.65. The Bertz CT molecular complexity index is 518. The number of non-ortho nitro benzene ring substituents is 1. The van der Waals surface area contributed by atoms with Crippen LogP contribution in [0.25, 0.3) is 0 Å². The SMILES string of the molecule is CN(C(=O)c1cccc([N+](=O)[O-])c1)[C@H]1CCCC[C@H]1O. The molecule has 1 aromatic rings. The molecule has 1 aliphatic carbocycles. The number of rotatable bonds is 3. The van der Waals surface area contributed by atoms with Crippen molar-refractivity contribution < 1.29 is 14.8 Å². The Morgan fingerprint density at radius 2 is 2.10 bits per heavy atom. The minimum Gasteiger partial charge on any atom is -0.391 e. The Morgan fingerprint density at radius 3 is 2.75 bits per heavy atom. The topological polar surface area (TPSA) is 83.7 Å². The van der Waals surface area contributed by atoms with E-state index in [9.17, 15) is 20.0 Å². The fraction of sp³-hybridized carbons (Fsp3) is 0.500. The molecule has 0 saturated heterocycles. The van der Waals surface area contributed by atoms with E-state index in [1.807, 2.05) is 0 Å². The number of likely N-dealkylation sites (N-methyl/N-ethyl adjacent to an activating group) is 1. The van der Waals surface area contributed by atoms with E-state index in [0.29, 0.717) is 6.42 Å². The molecule has 1 aliphatic rings. The van der Waals surface area contributed by atoms with Crippen LogP contribution in [-0.2, 0) is 0 Å². The molecule has 2 atom stereocenters. The second-order valence-electron chi connectivity index (χ2n) is 5.14. The molecule has 0 radical (unpaired) electrons. The van der Waals surface area contributed by atoms with Gasteiger partial charge in [-0.05, 0) is 18.9 Å². The smallest absolute Gasteiger partial charge is 0.270 e. The van der Waals surface area contributed by atoms with Gasteiger partial charge in [0.2, 0.25) is 0 Å². The van der Waals surface area contributed by atoms with Crippen LogP contribution in [0.15, 0.2) is 24.3 Å². The highest BCUT2D eigenvalue weighted by Gasteiger charge is 2.30. The normalized spacial score (nSPS) is 22.3. The van der Waals surface area contributed by atoms with Gasteiger partial charge in [-0.15, -0.1) is 0 Å². The molecule has 0 bridgehead atoms. The number of nitro benzene ring substituents is 1. The molecule has 1 aromatic carbocycles. The van der Waals surface area contributed by atoms with Crippen LogP contribution in [0.1, 0.15) is 36.0 Å². The first-order chi connectivity index (χ1) is 9.50. The Balaban J connectivity index is 2.17. The molecule has 0 spiro atoms. The highest BCUT2D eigenvalue weighted by Crippen LogP contribution is 2.24. The first kappa shape index (κ1) is 14.5. The molecular formula is C14H18N2O4. The van der Waals surface area contributed by atoms with Crippen LogP contribution in [0.5, 0.6) is 0 Å². The zero-order chi connectivity index (χ0) is 14.7. The molecule has 6 heteroatoms. The van der Waals surface area contributed by atoms with E-state index < -0.39 is 11.0 Å². The summed E-state index contributed by atoms with van der Waals surface area (Å²) in [6, 6.07) is 5.47. The number of benzene rings is 1. The molecule has 1 N–H and O–H groups in total. The lowest BCUT2D eigenvalue weighted by molar-refractivity contribution is -0.384. The van der Waals surface area contributed by atoms with Crippen LogP contribution in [0.2, 0.25) is 0 Å². The lowest BCUT2D eigenvalue weighted by Crippen LogP contribution is -2.46. The van der Waals surface area contributed by atoms with Gasteiger partial charge in [-0.2, -0.15) is 0 Å². The van der Waals surface area contributed by atoms with Crippen molar-refractivity contribution in [2.45, 2.75) is 37.8 Å². The monoisotopic (exact) mass is 278 g/mol. The number of nitrogens with zero attached hydrogens (tertiary/aromatic N) is 2. The predicted molar refractivity (Wildman–Crippen MR) is 73.5 cm³/mol. The molecule has 1 amide bonds. The standard InChI is InChI=1S/C14H18N2O4/c1-15(12-7-2-3-8-13(12)17)14(18)10-5-4-6-11(9-10)16(19)20/h4-6,9,12-13,17H,2-3,7-8H2,1H3/t12-,13+/m0/s1. The number of hydrogen-bond donors (Lipinski definition) is 1. The Hall–Kier alpha value is -1.95. The zero-order valence-corrected chi connectivity index (χ0v) is 11.4. The number of amides is 1. The van der Waals surface area contributed by atoms with Crippen LogP contribution in [0.3, 0.4) is 0 Å². The highest BCUT2D eigenvalue weighted by molar-refractivity contribution is 5.94. The molecular weight excluding hydrogens is 260 g/mol. The summed E-state index contributed by atoms with van der Waals surface area (Å²) < 4.78 is 0. The van der Waals surface area contributed by atoms with Gasteiger partial charge in [0.1, 0.15) is 0 Å². The molecule has 0 aliphatic heterocycles. The summed E-state index contributed by atoms with van der Waals surface area (Å²) in [7, 11) is 1.64. The number of hydrogen-bond acceptors (Lipinski definition) is 4. The average molecular weight is 278 g/mol. The maximum absolute atomic E-state index is 12.4. The number of nitro groups is 1. The third-order valence-electron chi connectivity index (χ3n) is 3.82. The van der Waals surface area contributed by atoms with Crippen molar-refractivity contribution >= 4 is 11.6 Å². The van der Waals surface area contributed by atoms with Gasteiger partial charge in [-0.1, -0.05) is 18.9 Å². The lowest BCUT2D eigenvalue weighted by Gasteiger charge is -2.35. The van der Waals surface area contributed by atoms with E-state index in [0.717, 1.165) is 19.3 Å². The second-order valence-corrected chi connectivity index (χ2v) is 5.14. The van der Waals surface area contributed by atoms with Gasteiger partial charge in [0.05, 0.1) is 17.1 Å². The van der Waals surface area contributed by atoms with Crippen molar-refractivity contribution in [1.82, 2.24) is 4.90 Å². The van der Waals surface area contributed by atoms with Crippen LogP contribution in [-0.4, -0.2) is 40.0 Å². The molecule has 2 rings (SSSR count). The van der Waals surface area contributed by atoms with E-state index in [2.05, 4.69) is 0 Å².